The Bertz CT molecular complexity index is 323. The minimum atomic E-state index is -1.15. The second-order valence-electron chi connectivity index (χ2n) is 4.32. The summed E-state index contributed by atoms with van der Waals surface area (Å²) in [6, 6.07) is 6.90. The van der Waals surface area contributed by atoms with Gasteiger partial charge in [-0.3, -0.25) is 0 Å². The van der Waals surface area contributed by atoms with Gasteiger partial charge in [0.2, 0.25) is 0 Å². The molecule has 1 aromatic carbocycles. The van der Waals surface area contributed by atoms with Crippen molar-refractivity contribution >= 4 is 0 Å². The molecule has 0 spiro atoms. The molecular formula is C14H22O4. The average Bonchev–Trinajstić information content (AvgIpc) is 2.42. The summed E-state index contributed by atoms with van der Waals surface area (Å²) in [4.78, 5) is 0. The molecule has 0 radical (unpaired) electrons. The third kappa shape index (κ3) is 4.64. The molecule has 0 heterocycles. The smallest absolute Gasteiger partial charge is 0.119 e. The molecule has 2 atom stereocenters. The van der Waals surface area contributed by atoms with Gasteiger partial charge in [-0.2, -0.15) is 0 Å². The Morgan fingerprint density at radius 1 is 1.11 bits per heavy atom. The van der Waals surface area contributed by atoms with Crippen molar-refractivity contribution in [3.8, 4) is 5.75 Å². The minimum Gasteiger partial charge on any atom is -0.494 e. The Labute approximate surface area is 108 Å². The standard InChI is InChI=1S/C14H22O4/c1-2-3-4-9-18-12-7-5-11(6-8-12)14(17)13(16)10-15/h5-8,13-17H,2-4,9-10H2,1H3. The van der Waals surface area contributed by atoms with E-state index in [4.69, 9.17) is 9.84 Å². The van der Waals surface area contributed by atoms with Crippen LogP contribution in [0, 0.1) is 0 Å². The maximum Gasteiger partial charge on any atom is 0.119 e. The van der Waals surface area contributed by atoms with E-state index < -0.39 is 18.8 Å². The van der Waals surface area contributed by atoms with Crippen LogP contribution in [-0.4, -0.2) is 34.6 Å². The third-order valence-corrected chi connectivity index (χ3v) is 2.79. The van der Waals surface area contributed by atoms with Crippen LogP contribution >= 0.6 is 0 Å². The predicted molar refractivity (Wildman–Crippen MR) is 69.5 cm³/mol. The SMILES string of the molecule is CCCCCOc1ccc(C(O)C(O)CO)cc1. The fourth-order valence-corrected chi connectivity index (χ4v) is 1.63. The lowest BCUT2D eigenvalue weighted by molar-refractivity contribution is -0.0152. The molecule has 18 heavy (non-hydrogen) atoms. The Balaban J connectivity index is 2.47. The predicted octanol–water partition coefficient (Wildman–Crippen LogP) is 1.64. The van der Waals surface area contributed by atoms with Gasteiger partial charge in [0.05, 0.1) is 13.2 Å². The molecule has 0 fully saturated rings. The topological polar surface area (TPSA) is 69.9 Å². The highest BCUT2D eigenvalue weighted by Gasteiger charge is 2.16. The molecule has 102 valence electrons. The minimum absolute atomic E-state index is 0.462. The molecule has 4 nitrogen and oxygen atoms in total. The summed E-state index contributed by atoms with van der Waals surface area (Å²) < 4.78 is 5.54. The van der Waals surface area contributed by atoms with Crippen LogP contribution in [0.2, 0.25) is 0 Å². The van der Waals surface area contributed by atoms with Crippen molar-refractivity contribution in [2.24, 2.45) is 0 Å². The van der Waals surface area contributed by atoms with Crippen molar-refractivity contribution in [2.45, 2.75) is 38.4 Å². The number of ether oxygens (including phenoxy) is 1. The molecule has 1 rings (SSSR count). The molecule has 1 aromatic rings. The van der Waals surface area contributed by atoms with E-state index >= 15 is 0 Å². The summed E-state index contributed by atoms with van der Waals surface area (Å²) in [5.41, 5.74) is 0.567. The zero-order chi connectivity index (χ0) is 13.4. The van der Waals surface area contributed by atoms with Crippen LogP contribution in [0.5, 0.6) is 5.75 Å². The fourth-order valence-electron chi connectivity index (χ4n) is 1.63. The number of unbranched alkanes of at least 4 members (excludes halogenated alkanes) is 2. The van der Waals surface area contributed by atoms with Crippen molar-refractivity contribution in [3.05, 3.63) is 29.8 Å². The Hall–Kier alpha value is -1.10. The van der Waals surface area contributed by atoms with Crippen molar-refractivity contribution in [3.63, 3.8) is 0 Å². The van der Waals surface area contributed by atoms with E-state index in [1.807, 2.05) is 0 Å². The first-order valence-corrected chi connectivity index (χ1v) is 6.38. The number of hydrogen-bond donors (Lipinski definition) is 3. The van der Waals surface area contributed by atoms with Crippen LogP contribution in [0.15, 0.2) is 24.3 Å². The van der Waals surface area contributed by atoms with E-state index in [1.54, 1.807) is 24.3 Å². The van der Waals surface area contributed by atoms with Crippen LogP contribution < -0.4 is 4.74 Å². The quantitative estimate of drug-likeness (QED) is 0.617. The molecule has 0 amide bonds. The first-order valence-electron chi connectivity index (χ1n) is 6.38. The third-order valence-electron chi connectivity index (χ3n) is 2.79. The van der Waals surface area contributed by atoms with Gasteiger partial charge in [-0.05, 0) is 24.1 Å². The van der Waals surface area contributed by atoms with Gasteiger partial charge in [-0.25, -0.2) is 0 Å². The van der Waals surface area contributed by atoms with Gasteiger partial charge in [0.15, 0.2) is 0 Å². The summed E-state index contributed by atoms with van der Waals surface area (Å²) >= 11 is 0. The Morgan fingerprint density at radius 2 is 1.78 bits per heavy atom. The summed E-state index contributed by atoms with van der Waals surface area (Å²) in [5.74, 6) is 0.751. The largest absolute Gasteiger partial charge is 0.494 e. The van der Waals surface area contributed by atoms with Crippen LogP contribution in [0.25, 0.3) is 0 Å². The van der Waals surface area contributed by atoms with Gasteiger partial charge in [0.1, 0.15) is 18.0 Å². The molecule has 0 aliphatic heterocycles. The fraction of sp³-hybridized carbons (Fsp3) is 0.571. The van der Waals surface area contributed by atoms with Crippen LogP contribution in [0.4, 0.5) is 0 Å². The first kappa shape index (κ1) is 15.0. The number of aliphatic hydroxyl groups is 3. The van der Waals surface area contributed by atoms with Crippen molar-refractivity contribution in [2.75, 3.05) is 13.2 Å². The zero-order valence-corrected chi connectivity index (χ0v) is 10.7. The molecule has 2 unspecified atom stereocenters. The lowest BCUT2D eigenvalue weighted by Gasteiger charge is -2.16. The summed E-state index contributed by atoms with van der Waals surface area (Å²) in [5, 5.41) is 27.7. The van der Waals surface area contributed by atoms with Gasteiger partial charge in [-0.15, -0.1) is 0 Å². The molecule has 4 heteroatoms. The summed E-state index contributed by atoms with van der Waals surface area (Å²) in [6.45, 7) is 2.37. The van der Waals surface area contributed by atoms with E-state index in [2.05, 4.69) is 6.92 Å². The van der Waals surface area contributed by atoms with Gasteiger partial charge < -0.3 is 20.1 Å². The van der Waals surface area contributed by atoms with Crippen LogP contribution in [0.1, 0.15) is 37.9 Å². The number of rotatable bonds is 8. The van der Waals surface area contributed by atoms with Crippen molar-refractivity contribution in [1.29, 1.82) is 0 Å². The highest BCUT2D eigenvalue weighted by Crippen LogP contribution is 2.20. The van der Waals surface area contributed by atoms with Gasteiger partial charge in [0.25, 0.3) is 0 Å². The highest BCUT2D eigenvalue weighted by molar-refractivity contribution is 5.28. The van der Waals surface area contributed by atoms with Crippen molar-refractivity contribution < 1.29 is 20.1 Å². The molecule has 0 aliphatic rings. The number of hydrogen-bond acceptors (Lipinski definition) is 4. The van der Waals surface area contributed by atoms with Crippen LogP contribution in [0.3, 0.4) is 0 Å². The maximum atomic E-state index is 9.68. The monoisotopic (exact) mass is 254 g/mol. The van der Waals surface area contributed by atoms with Crippen LogP contribution in [-0.2, 0) is 0 Å². The van der Waals surface area contributed by atoms with Gasteiger partial charge >= 0.3 is 0 Å². The lowest BCUT2D eigenvalue weighted by atomic mass is 10.1. The second kappa shape index (κ2) is 8.08. The molecule has 0 bridgehead atoms. The molecular weight excluding hydrogens is 232 g/mol. The van der Waals surface area contributed by atoms with E-state index in [9.17, 15) is 10.2 Å². The highest BCUT2D eigenvalue weighted by atomic mass is 16.5. The van der Waals surface area contributed by atoms with E-state index in [-0.39, 0.29) is 0 Å². The van der Waals surface area contributed by atoms with E-state index in [0.717, 1.165) is 25.0 Å². The maximum absolute atomic E-state index is 9.68. The summed E-state index contributed by atoms with van der Waals surface area (Å²) in [6.07, 6.45) is 1.13. The molecule has 0 saturated heterocycles. The second-order valence-corrected chi connectivity index (χ2v) is 4.32. The molecule has 0 aliphatic carbocycles. The van der Waals surface area contributed by atoms with Gasteiger partial charge in [-0.1, -0.05) is 31.9 Å². The molecule has 3 N–H and O–H groups in total. The van der Waals surface area contributed by atoms with Crippen molar-refractivity contribution in [1.82, 2.24) is 0 Å². The molecule has 0 aromatic heterocycles. The number of aliphatic hydroxyl groups excluding tert-OH is 3. The normalized spacial score (nSPS) is 14.2. The van der Waals surface area contributed by atoms with E-state index in [1.165, 1.54) is 0 Å². The average molecular weight is 254 g/mol. The Morgan fingerprint density at radius 3 is 2.33 bits per heavy atom. The van der Waals surface area contributed by atoms with E-state index in [0.29, 0.717) is 12.2 Å². The lowest BCUT2D eigenvalue weighted by Crippen LogP contribution is -2.21. The number of benzene rings is 1. The van der Waals surface area contributed by atoms with Gasteiger partial charge in [0, 0.05) is 0 Å². The Kier molecular flexibility index (Phi) is 6.72. The first-order chi connectivity index (χ1) is 8.69. The zero-order valence-electron chi connectivity index (χ0n) is 10.7. The molecule has 0 saturated carbocycles. The summed E-state index contributed by atoms with van der Waals surface area (Å²) in [7, 11) is 0.